The SMILES string of the molecule is Cc1ccccc1NC(=S)N=Nc1c(O)n(Cc2ccc(Cl)cc2)c2ccccc12. The molecule has 0 bridgehead atoms. The summed E-state index contributed by atoms with van der Waals surface area (Å²) in [5.41, 5.74) is 4.18. The van der Waals surface area contributed by atoms with Crippen molar-refractivity contribution in [2.75, 3.05) is 5.32 Å². The van der Waals surface area contributed by atoms with Gasteiger partial charge in [-0.15, -0.1) is 10.2 Å². The maximum atomic E-state index is 10.9. The van der Waals surface area contributed by atoms with Crippen LogP contribution in [0.4, 0.5) is 11.4 Å². The highest BCUT2D eigenvalue weighted by Gasteiger charge is 2.16. The van der Waals surface area contributed by atoms with E-state index in [0.717, 1.165) is 27.7 Å². The molecule has 0 saturated heterocycles. The van der Waals surface area contributed by atoms with E-state index in [1.165, 1.54) is 0 Å². The van der Waals surface area contributed by atoms with Gasteiger partial charge in [-0.05, 0) is 54.5 Å². The zero-order valence-electron chi connectivity index (χ0n) is 16.2. The van der Waals surface area contributed by atoms with E-state index in [-0.39, 0.29) is 11.0 Å². The van der Waals surface area contributed by atoms with Crippen molar-refractivity contribution in [3.8, 4) is 5.88 Å². The number of anilines is 1. The van der Waals surface area contributed by atoms with E-state index in [1.807, 2.05) is 79.7 Å². The molecule has 1 aromatic heterocycles. The zero-order chi connectivity index (χ0) is 21.1. The van der Waals surface area contributed by atoms with E-state index >= 15 is 0 Å². The first-order valence-corrected chi connectivity index (χ1v) is 10.1. The smallest absolute Gasteiger partial charge is 0.221 e. The average molecular weight is 435 g/mol. The van der Waals surface area contributed by atoms with Crippen LogP contribution in [-0.4, -0.2) is 14.8 Å². The molecule has 1 heterocycles. The molecule has 0 unspecified atom stereocenters. The van der Waals surface area contributed by atoms with Crippen molar-refractivity contribution >= 4 is 51.2 Å². The molecule has 0 aliphatic rings. The van der Waals surface area contributed by atoms with Gasteiger partial charge in [-0.3, -0.25) is 0 Å². The summed E-state index contributed by atoms with van der Waals surface area (Å²) in [6.45, 7) is 2.46. The van der Waals surface area contributed by atoms with Crippen LogP contribution in [0.5, 0.6) is 5.88 Å². The Morgan fingerprint density at radius 3 is 2.50 bits per heavy atom. The molecule has 7 heteroatoms. The molecule has 0 spiro atoms. The molecule has 150 valence electrons. The Morgan fingerprint density at radius 1 is 1.03 bits per heavy atom. The second-order valence-corrected chi connectivity index (χ2v) is 7.67. The largest absolute Gasteiger partial charge is 0.493 e. The zero-order valence-corrected chi connectivity index (χ0v) is 17.8. The van der Waals surface area contributed by atoms with Crippen molar-refractivity contribution in [2.45, 2.75) is 13.5 Å². The van der Waals surface area contributed by atoms with Crippen LogP contribution in [0.1, 0.15) is 11.1 Å². The lowest BCUT2D eigenvalue weighted by Gasteiger charge is -2.07. The predicted molar refractivity (Wildman–Crippen MR) is 126 cm³/mol. The van der Waals surface area contributed by atoms with Gasteiger partial charge in [0.15, 0.2) is 5.69 Å². The monoisotopic (exact) mass is 434 g/mol. The van der Waals surface area contributed by atoms with E-state index in [0.29, 0.717) is 17.3 Å². The quantitative estimate of drug-likeness (QED) is 0.273. The molecule has 2 N–H and O–H groups in total. The number of benzene rings is 3. The van der Waals surface area contributed by atoms with Crippen LogP contribution in [-0.2, 0) is 6.54 Å². The average Bonchev–Trinajstić information content (AvgIpc) is 3.01. The molecule has 0 radical (unpaired) electrons. The predicted octanol–water partition coefficient (Wildman–Crippen LogP) is 6.84. The number of aryl methyl sites for hydroxylation is 1. The molecule has 0 atom stereocenters. The molecule has 30 heavy (non-hydrogen) atoms. The lowest BCUT2D eigenvalue weighted by molar-refractivity contribution is 0.429. The van der Waals surface area contributed by atoms with Crippen LogP contribution in [0, 0.1) is 6.92 Å². The summed E-state index contributed by atoms with van der Waals surface area (Å²) in [5.74, 6) is 0.0357. The highest BCUT2D eigenvalue weighted by molar-refractivity contribution is 7.80. The highest BCUT2D eigenvalue weighted by Crippen LogP contribution is 2.39. The standard InChI is InChI=1S/C23H19ClN4OS/c1-15-6-2-4-8-19(15)25-23(30)27-26-21-18-7-3-5-9-20(18)28(22(21)29)14-16-10-12-17(24)13-11-16/h2-13,29H,14H2,1H3,(H,25,30). The lowest BCUT2D eigenvalue weighted by Crippen LogP contribution is -2.06. The summed E-state index contributed by atoms with van der Waals surface area (Å²) < 4.78 is 1.80. The van der Waals surface area contributed by atoms with Gasteiger partial charge in [-0.1, -0.05) is 60.1 Å². The molecule has 0 aliphatic carbocycles. The highest BCUT2D eigenvalue weighted by atomic mass is 35.5. The number of aromatic nitrogens is 1. The molecule has 4 aromatic rings. The van der Waals surface area contributed by atoms with Gasteiger partial charge in [0, 0.05) is 16.1 Å². The number of hydrogen-bond donors (Lipinski definition) is 2. The van der Waals surface area contributed by atoms with Crippen molar-refractivity contribution in [1.29, 1.82) is 0 Å². The van der Waals surface area contributed by atoms with Crippen LogP contribution in [0.15, 0.2) is 83.0 Å². The fourth-order valence-electron chi connectivity index (χ4n) is 3.25. The van der Waals surface area contributed by atoms with Crippen molar-refractivity contribution in [3.63, 3.8) is 0 Å². The fourth-order valence-corrected chi connectivity index (χ4v) is 3.53. The van der Waals surface area contributed by atoms with Crippen molar-refractivity contribution < 1.29 is 5.11 Å². The minimum Gasteiger partial charge on any atom is -0.493 e. The van der Waals surface area contributed by atoms with Crippen LogP contribution < -0.4 is 5.32 Å². The van der Waals surface area contributed by atoms with Gasteiger partial charge in [0.2, 0.25) is 11.0 Å². The maximum Gasteiger partial charge on any atom is 0.221 e. The number of thiocarbonyl (C=S) groups is 1. The van der Waals surface area contributed by atoms with Crippen molar-refractivity contribution in [2.24, 2.45) is 10.2 Å². The summed E-state index contributed by atoms with van der Waals surface area (Å²) in [7, 11) is 0. The van der Waals surface area contributed by atoms with E-state index in [1.54, 1.807) is 4.57 Å². The van der Waals surface area contributed by atoms with Gasteiger partial charge >= 0.3 is 0 Å². The molecule has 0 saturated carbocycles. The van der Waals surface area contributed by atoms with Crippen molar-refractivity contribution in [3.05, 3.63) is 88.9 Å². The Hall–Kier alpha value is -3.22. The van der Waals surface area contributed by atoms with Gasteiger partial charge in [0.25, 0.3) is 0 Å². The van der Waals surface area contributed by atoms with E-state index in [9.17, 15) is 5.11 Å². The molecule has 0 fully saturated rings. The van der Waals surface area contributed by atoms with Gasteiger partial charge in [0.05, 0.1) is 12.1 Å². The number of nitrogens with one attached hydrogen (secondary N) is 1. The number of rotatable bonds is 4. The van der Waals surface area contributed by atoms with Crippen molar-refractivity contribution in [1.82, 2.24) is 4.57 Å². The van der Waals surface area contributed by atoms with E-state index in [4.69, 9.17) is 23.8 Å². The van der Waals surface area contributed by atoms with E-state index < -0.39 is 0 Å². The van der Waals surface area contributed by atoms with Gasteiger partial charge in [-0.2, -0.15) is 0 Å². The number of halogens is 1. The third-order valence-corrected chi connectivity index (χ3v) is 5.23. The minimum atomic E-state index is 0.0357. The third kappa shape index (κ3) is 4.20. The second kappa shape index (κ2) is 8.65. The number of nitrogens with zero attached hydrogens (tertiary/aromatic N) is 3. The number of aromatic hydroxyl groups is 1. The van der Waals surface area contributed by atoms with Crippen LogP contribution in [0.3, 0.4) is 0 Å². The summed E-state index contributed by atoms with van der Waals surface area (Å²) in [6.07, 6.45) is 0. The first-order valence-electron chi connectivity index (χ1n) is 9.36. The van der Waals surface area contributed by atoms with E-state index in [2.05, 4.69) is 15.5 Å². The Balaban J connectivity index is 1.65. The van der Waals surface area contributed by atoms with Crippen LogP contribution >= 0.6 is 23.8 Å². The van der Waals surface area contributed by atoms with Crippen LogP contribution in [0.25, 0.3) is 10.9 Å². The number of para-hydroxylation sites is 2. The minimum absolute atomic E-state index is 0.0357. The summed E-state index contributed by atoms with van der Waals surface area (Å²) in [4.78, 5) is 0. The maximum absolute atomic E-state index is 10.9. The molecule has 0 amide bonds. The number of fused-ring (bicyclic) bond motifs is 1. The first-order chi connectivity index (χ1) is 14.5. The Bertz CT molecular complexity index is 1250. The normalized spacial score (nSPS) is 11.3. The second-order valence-electron chi connectivity index (χ2n) is 6.85. The Kier molecular flexibility index (Phi) is 5.79. The Morgan fingerprint density at radius 2 is 1.73 bits per heavy atom. The molecular weight excluding hydrogens is 416 g/mol. The van der Waals surface area contributed by atoms with Gasteiger partial charge in [-0.25, -0.2) is 0 Å². The Labute approximate surface area is 184 Å². The molecule has 5 nitrogen and oxygen atoms in total. The van der Waals surface area contributed by atoms with Crippen LogP contribution in [0.2, 0.25) is 5.02 Å². The molecule has 0 aliphatic heterocycles. The van der Waals surface area contributed by atoms with Gasteiger partial charge in [0.1, 0.15) is 0 Å². The first kappa shape index (κ1) is 20.1. The number of hydrogen-bond acceptors (Lipinski definition) is 3. The molecule has 4 rings (SSSR count). The summed E-state index contributed by atoms with van der Waals surface area (Å²) in [5, 5.41) is 24.0. The molecular formula is C23H19ClN4OS. The van der Waals surface area contributed by atoms with Gasteiger partial charge < -0.3 is 15.0 Å². The summed E-state index contributed by atoms with van der Waals surface area (Å²) in [6, 6.07) is 23.0. The number of azo groups is 1. The lowest BCUT2D eigenvalue weighted by atomic mass is 10.2. The topological polar surface area (TPSA) is 61.9 Å². The fraction of sp³-hybridized carbons (Fsp3) is 0.0870. The summed E-state index contributed by atoms with van der Waals surface area (Å²) >= 11 is 11.3. The molecule has 3 aromatic carbocycles. The third-order valence-electron chi connectivity index (χ3n) is 4.80.